The predicted octanol–water partition coefficient (Wildman–Crippen LogP) is 5.22. The molecule has 0 spiro atoms. The fourth-order valence-electron chi connectivity index (χ4n) is 4.04. The van der Waals surface area contributed by atoms with Gasteiger partial charge in [0.05, 0.1) is 11.2 Å². The van der Waals surface area contributed by atoms with Crippen LogP contribution in [0.5, 0.6) is 0 Å². The number of aliphatic carboxylic acids is 1. The molecule has 1 rings (SSSR count). The minimum Gasteiger partial charge on any atom is -0.481 e. The average molecular weight is 389 g/mol. The average Bonchev–Trinajstić information content (AvgIpc) is 2.58. The van der Waals surface area contributed by atoms with Crippen LogP contribution in [-0.4, -0.2) is 29.3 Å². The first-order chi connectivity index (χ1) is 12.3. The largest absolute Gasteiger partial charge is 0.481 e. The summed E-state index contributed by atoms with van der Waals surface area (Å²) in [6.45, 7) is 4.07. The first-order valence-corrected chi connectivity index (χ1v) is 11.7. The number of rotatable bonds is 13. The van der Waals surface area contributed by atoms with E-state index in [9.17, 15) is 22.9 Å². The molecule has 0 aromatic heterocycles. The Labute approximate surface area is 159 Å². The Morgan fingerprint density at radius 2 is 1.81 bits per heavy atom. The lowest BCUT2D eigenvalue weighted by molar-refractivity contribution is -0.141. The summed E-state index contributed by atoms with van der Waals surface area (Å²) in [5, 5.41) is 8.90. The van der Waals surface area contributed by atoms with E-state index in [1.165, 1.54) is 0 Å². The van der Waals surface area contributed by atoms with Gasteiger partial charge in [-0.1, -0.05) is 57.6 Å². The number of hydrogen-bond donors (Lipinski definition) is 2. The second kappa shape index (κ2) is 11.8. The van der Waals surface area contributed by atoms with Gasteiger partial charge in [-0.25, -0.2) is 0 Å². The van der Waals surface area contributed by atoms with Crippen molar-refractivity contribution in [1.82, 2.24) is 0 Å². The number of hydrogen-bond acceptors (Lipinski definition) is 3. The second-order valence-electron chi connectivity index (χ2n) is 7.60. The van der Waals surface area contributed by atoms with Gasteiger partial charge in [-0.2, -0.15) is 8.42 Å². The molecule has 0 heterocycles. The monoisotopic (exact) mass is 388 g/mol. The molecule has 3 atom stereocenters. The van der Waals surface area contributed by atoms with Crippen molar-refractivity contribution in [2.24, 2.45) is 11.8 Å². The van der Waals surface area contributed by atoms with Crippen molar-refractivity contribution in [2.75, 3.05) is 0 Å². The number of carboxylic acid groups (broad SMARTS) is 1. The van der Waals surface area contributed by atoms with E-state index in [-0.39, 0.29) is 5.92 Å². The lowest BCUT2D eigenvalue weighted by atomic mass is 9.80. The summed E-state index contributed by atoms with van der Waals surface area (Å²) in [4.78, 5) is 11.9. The van der Waals surface area contributed by atoms with Gasteiger partial charge in [0.25, 0.3) is 10.1 Å². The Kier molecular flexibility index (Phi) is 10.5. The van der Waals surface area contributed by atoms with Gasteiger partial charge in [-0.15, -0.1) is 0 Å². The standard InChI is InChI=1S/C20H36O5S/c1-3-5-8-13-17(19(14-6-4-2)26(23,24)25)15-18(20(21)22)16-11-9-7-10-12-16/h11,17-19H,3-10,12-15H2,1-2H3,(H,21,22)(H,23,24,25). The molecule has 5 nitrogen and oxygen atoms in total. The minimum absolute atomic E-state index is 0.305. The Hall–Kier alpha value is -0.880. The van der Waals surface area contributed by atoms with Crippen LogP contribution in [0.1, 0.15) is 90.9 Å². The van der Waals surface area contributed by atoms with Crippen LogP contribution in [0.4, 0.5) is 0 Å². The molecule has 0 aromatic carbocycles. The maximum Gasteiger partial charge on any atom is 0.310 e. The highest BCUT2D eigenvalue weighted by atomic mass is 32.2. The van der Waals surface area contributed by atoms with E-state index in [4.69, 9.17) is 0 Å². The summed E-state index contributed by atoms with van der Waals surface area (Å²) in [7, 11) is -4.19. The zero-order chi connectivity index (χ0) is 19.6. The van der Waals surface area contributed by atoms with E-state index >= 15 is 0 Å². The predicted molar refractivity (Wildman–Crippen MR) is 105 cm³/mol. The van der Waals surface area contributed by atoms with Crippen LogP contribution in [0.25, 0.3) is 0 Å². The molecule has 0 saturated heterocycles. The van der Waals surface area contributed by atoms with Crippen LogP contribution in [0, 0.1) is 11.8 Å². The Balaban J connectivity index is 3.03. The van der Waals surface area contributed by atoms with Crippen molar-refractivity contribution in [3.63, 3.8) is 0 Å². The smallest absolute Gasteiger partial charge is 0.310 e. The quantitative estimate of drug-likeness (QED) is 0.256. The highest BCUT2D eigenvalue weighted by Gasteiger charge is 2.35. The first kappa shape index (κ1) is 23.2. The molecule has 2 N–H and O–H groups in total. The lowest BCUT2D eigenvalue weighted by Gasteiger charge is -2.29. The molecule has 152 valence electrons. The molecular weight excluding hydrogens is 352 g/mol. The molecule has 0 fully saturated rings. The minimum atomic E-state index is -4.19. The fourth-order valence-corrected chi connectivity index (χ4v) is 5.24. The van der Waals surface area contributed by atoms with Gasteiger partial charge in [0.2, 0.25) is 0 Å². The van der Waals surface area contributed by atoms with Crippen LogP contribution in [0.3, 0.4) is 0 Å². The molecule has 0 saturated carbocycles. The van der Waals surface area contributed by atoms with Gasteiger partial charge < -0.3 is 5.11 Å². The SMILES string of the molecule is CCCCCC(CC(C(=O)O)C1=CCCCC1)C(CCCC)S(=O)(=O)O. The zero-order valence-corrected chi connectivity index (χ0v) is 17.1. The van der Waals surface area contributed by atoms with E-state index in [0.29, 0.717) is 19.3 Å². The maximum absolute atomic E-state index is 12.0. The topological polar surface area (TPSA) is 91.7 Å². The van der Waals surface area contributed by atoms with Crippen LogP contribution < -0.4 is 0 Å². The van der Waals surface area contributed by atoms with Gasteiger partial charge in [0.1, 0.15) is 0 Å². The number of carbonyl (C=O) groups is 1. The maximum atomic E-state index is 12.0. The summed E-state index contributed by atoms with van der Waals surface area (Å²) < 4.78 is 33.9. The number of allylic oxidation sites excluding steroid dienone is 1. The van der Waals surface area contributed by atoms with E-state index in [1.807, 2.05) is 13.0 Å². The van der Waals surface area contributed by atoms with Crippen molar-refractivity contribution >= 4 is 16.1 Å². The number of carboxylic acids is 1. The summed E-state index contributed by atoms with van der Waals surface area (Å²) in [6, 6.07) is 0. The molecule has 26 heavy (non-hydrogen) atoms. The van der Waals surface area contributed by atoms with Gasteiger partial charge in [-0.3, -0.25) is 9.35 Å². The summed E-state index contributed by atoms with van der Waals surface area (Å²) in [6.07, 6.45) is 11.6. The molecule has 1 aliphatic carbocycles. The first-order valence-electron chi connectivity index (χ1n) is 10.2. The Morgan fingerprint density at radius 1 is 1.12 bits per heavy atom. The molecule has 0 amide bonds. The molecule has 0 bridgehead atoms. The van der Waals surface area contributed by atoms with Crippen LogP contribution in [0.15, 0.2) is 11.6 Å². The highest BCUT2D eigenvalue weighted by Crippen LogP contribution is 2.35. The number of unbranched alkanes of at least 4 members (excludes halogenated alkanes) is 3. The van der Waals surface area contributed by atoms with E-state index in [1.54, 1.807) is 0 Å². The molecule has 0 radical (unpaired) electrons. The fraction of sp³-hybridized carbons (Fsp3) is 0.850. The van der Waals surface area contributed by atoms with E-state index in [2.05, 4.69) is 6.92 Å². The van der Waals surface area contributed by atoms with Gasteiger partial charge >= 0.3 is 5.97 Å². The molecule has 0 aliphatic heterocycles. The van der Waals surface area contributed by atoms with Crippen LogP contribution in [-0.2, 0) is 14.9 Å². The van der Waals surface area contributed by atoms with Gasteiger partial charge in [0, 0.05) is 0 Å². The zero-order valence-electron chi connectivity index (χ0n) is 16.3. The molecule has 3 unspecified atom stereocenters. The highest BCUT2D eigenvalue weighted by molar-refractivity contribution is 7.86. The Morgan fingerprint density at radius 3 is 2.31 bits per heavy atom. The normalized spacial score (nSPS) is 18.8. The van der Waals surface area contributed by atoms with Crippen LogP contribution in [0.2, 0.25) is 0 Å². The molecule has 0 aromatic rings. The lowest BCUT2D eigenvalue weighted by Crippen LogP contribution is -2.33. The van der Waals surface area contributed by atoms with Gasteiger partial charge in [-0.05, 0) is 50.9 Å². The van der Waals surface area contributed by atoms with Crippen molar-refractivity contribution in [2.45, 2.75) is 96.1 Å². The molecule has 6 heteroatoms. The second-order valence-corrected chi connectivity index (χ2v) is 9.24. The third-order valence-electron chi connectivity index (χ3n) is 5.54. The summed E-state index contributed by atoms with van der Waals surface area (Å²) in [5.41, 5.74) is 0.939. The third-order valence-corrected chi connectivity index (χ3v) is 6.93. The van der Waals surface area contributed by atoms with Crippen molar-refractivity contribution in [1.29, 1.82) is 0 Å². The van der Waals surface area contributed by atoms with Gasteiger partial charge in [0.15, 0.2) is 0 Å². The summed E-state index contributed by atoms with van der Waals surface area (Å²) >= 11 is 0. The van der Waals surface area contributed by atoms with Crippen molar-refractivity contribution in [3.05, 3.63) is 11.6 Å². The van der Waals surface area contributed by atoms with Crippen molar-refractivity contribution < 1.29 is 22.9 Å². The third kappa shape index (κ3) is 7.78. The molecule has 1 aliphatic rings. The summed E-state index contributed by atoms with van der Waals surface area (Å²) in [5.74, 6) is -1.82. The van der Waals surface area contributed by atoms with Crippen molar-refractivity contribution in [3.8, 4) is 0 Å². The van der Waals surface area contributed by atoms with E-state index < -0.39 is 27.3 Å². The van der Waals surface area contributed by atoms with E-state index in [0.717, 1.165) is 63.4 Å². The molecular formula is C20H36O5S. The Bertz CT molecular complexity index is 553. The van der Waals surface area contributed by atoms with Crippen LogP contribution >= 0.6 is 0 Å².